The maximum atomic E-state index is 12.5. The quantitative estimate of drug-likeness (QED) is 0.548. The van der Waals surface area contributed by atoms with Crippen molar-refractivity contribution in [3.05, 3.63) is 62.3 Å². The summed E-state index contributed by atoms with van der Waals surface area (Å²) in [6.45, 7) is 5.86. The fourth-order valence-corrected chi connectivity index (χ4v) is 4.05. The van der Waals surface area contributed by atoms with Gasteiger partial charge in [0, 0.05) is 22.5 Å². The number of thiophene rings is 1. The van der Waals surface area contributed by atoms with Gasteiger partial charge in [-0.05, 0) is 56.2 Å². The van der Waals surface area contributed by atoms with Crippen LogP contribution in [0.1, 0.15) is 26.6 Å². The van der Waals surface area contributed by atoms with E-state index in [1.165, 1.54) is 6.07 Å². The van der Waals surface area contributed by atoms with Gasteiger partial charge in [-0.1, -0.05) is 0 Å². The maximum Gasteiger partial charge on any atom is 0.293 e. The topological polar surface area (TPSA) is 85.1 Å². The summed E-state index contributed by atoms with van der Waals surface area (Å²) < 4.78 is 9.92. The molecule has 0 spiro atoms. The molecule has 0 saturated carbocycles. The van der Waals surface area contributed by atoms with Gasteiger partial charge >= 0.3 is 0 Å². The zero-order chi connectivity index (χ0) is 19.1. The lowest BCUT2D eigenvalue weighted by molar-refractivity contribution is 0.0997. The lowest BCUT2D eigenvalue weighted by Crippen LogP contribution is -2.15. The number of benzene rings is 1. The SMILES string of the molecule is Cc1ccc(-c2nsc(NC(=O)c3cc(=O)c4cc(C)c(C)cc4o3)n2)s1. The average molecular weight is 397 g/mol. The van der Waals surface area contributed by atoms with E-state index in [-0.39, 0.29) is 11.2 Å². The molecule has 1 N–H and O–H groups in total. The number of anilines is 1. The van der Waals surface area contributed by atoms with Crippen molar-refractivity contribution in [2.45, 2.75) is 20.8 Å². The molecule has 0 bridgehead atoms. The maximum absolute atomic E-state index is 12.5. The van der Waals surface area contributed by atoms with Crippen LogP contribution in [0.15, 0.2) is 39.5 Å². The third-order valence-electron chi connectivity index (χ3n) is 4.17. The molecule has 0 unspecified atom stereocenters. The molecule has 4 rings (SSSR count). The lowest BCUT2D eigenvalue weighted by atomic mass is 10.1. The van der Waals surface area contributed by atoms with Gasteiger partial charge in [0.25, 0.3) is 5.91 Å². The van der Waals surface area contributed by atoms with Crippen molar-refractivity contribution in [3.8, 4) is 10.7 Å². The number of carbonyl (C=O) groups is 1. The van der Waals surface area contributed by atoms with Crippen molar-refractivity contribution in [3.63, 3.8) is 0 Å². The minimum Gasteiger partial charge on any atom is -0.451 e. The Balaban J connectivity index is 1.62. The van der Waals surface area contributed by atoms with Crippen LogP contribution in [0.5, 0.6) is 0 Å². The third-order valence-corrected chi connectivity index (χ3v) is 5.80. The molecular weight excluding hydrogens is 382 g/mol. The predicted octanol–water partition coefficient (Wildman–Crippen LogP) is 4.55. The van der Waals surface area contributed by atoms with Gasteiger partial charge < -0.3 is 4.42 Å². The van der Waals surface area contributed by atoms with Crippen molar-refractivity contribution in [1.82, 2.24) is 9.36 Å². The van der Waals surface area contributed by atoms with Crippen LogP contribution in [-0.2, 0) is 0 Å². The van der Waals surface area contributed by atoms with Crippen molar-refractivity contribution < 1.29 is 9.21 Å². The van der Waals surface area contributed by atoms with Crippen molar-refractivity contribution in [2.24, 2.45) is 0 Å². The van der Waals surface area contributed by atoms with Crippen molar-refractivity contribution in [2.75, 3.05) is 5.32 Å². The van der Waals surface area contributed by atoms with Gasteiger partial charge in [-0.3, -0.25) is 14.9 Å². The van der Waals surface area contributed by atoms with Crippen LogP contribution in [0, 0.1) is 20.8 Å². The molecule has 136 valence electrons. The number of nitrogens with zero attached hydrogens (tertiary/aromatic N) is 2. The lowest BCUT2D eigenvalue weighted by Gasteiger charge is -2.05. The first-order valence-corrected chi connectivity index (χ1v) is 9.76. The number of hydrogen-bond donors (Lipinski definition) is 1. The fraction of sp³-hybridized carbons (Fsp3) is 0.158. The molecular formula is C19H15N3O3S2. The second-order valence-electron chi connectivity index (χ2n) is 6.20. The van der Waals surface area contributed by atoms with Crippen LogP contribution in [0.3, 0.4) is 0 Å². The van der Waals surface area contributed by atoms with Gasteiger partial charge in [-0.15, -0.1) is 11.3 Å². The molecule has 1 aromatic carbocycles. The molecule has 3 heterocycles. The number of aryl methyl sites for hydroxylation is 3. The van der Waals surface area contributed by atoms with Crippen LogP contribution < -0.4 is 10.7 Å². The number of hydrogen-bond acceptors (Lipinski definition) is 7. The highest BCUT2D eigenvalue weighted by molar-refractivity contribution is 7.15. The summed E-state index contributed by atoms with van der Waals surface area (Å²) in [5.74, 6) is -0.0174. The number of rotatable bonds is 3. The largest absolute Gasteiger partial charge is 0.451 e. The van der Waals surface area contributed by atoms with Crippen molar-refractivity contribution in [1.29, 1.82) is 0 Å². The Morgan fingerprint density at radius 2 is 1.89 bits per heavy atom. The highest BCUT2D eigenvalue weighted by Gasteiger charge is 2.16. The van der Waals surface area contributed by atoms with E-state index in [0.717, 1.165) is 32.4 Å². The summed E-state index contributed by atoms with van der Waals surface area (Å²) in [6, 6.07) is 8.69. The molecule has 6 nitrogen and oxygen atoms in total. The second-order valence-corrected chi connectivity index (χ2v) is 8.23. The van der Waals surface area contributed by atoms with Gasteiger partial charge in [0.05, 0.1) is 10.3 Å². The molecule has 8 heteroatoms. The summed E-state index contributed by atoms with van der Waals surface area (Å²) in [5, 5.41) is 3.46. The van der Waals surface area contributed by atoms with Gasteiger partial charge in [0.2, 0.25) is 5.13 Å². The van der Waals surface area contributed by atoms with Crippen LogP contribution in [0.4, 0.5) is 5.13 Å². The summed E-state index contributed by atoms with van der Waals surface area (Å²) >= 11 is 2.67. The molecule has 0 aliphatic carbocycles. The van der Waals surface area contributed by atoms with Crippen LogP contribution in [0.2, 0.25) is 0 Å². The van der Waals surface area contributed by atoms with E-state index in [4.69, 9.17) is 4.42 Å². The molecule has 4 aromatic rings. The molecule has 0 aliphatic rings. The first-order valence-electron chi connectivity index (χ1n) is 8.17. The number of carbonyl (C=O) groups excluding carboxylic acids is 1. The normalized spacial score (nSPS) is 11.1. The minimum absolute atomic E-state index is 0.0560. The second kappa shape index (κ2) is 6.71. The third kappa shape index (κ3) is 3.41. The zero-order valence-electron chi connectivity index (χ0n) is 14.8. The summed E-state index contributed by atoms with van der Waals surface area (Å²) in [4.78, 5) is 31.3. The van der Waals surface area contributed by atoms with E-state index in [1.807, 2.05) is 32.9 Å². The van der Waals surface area contributed by atoms with E-state index in [9.17, 15) is 9.59 Å². The molecule has 0 saturated heterocycles. The number of amides is 1. The minimum atomic E-state index is -0.530. The average Bonchev–Trinajstić information content (AvgIpc) is 3.25. The Morgan fingerprint density at radius 3 is 2.63 bits per heavy atom. The smallest absolute Gasteiger partial charge is 0.293 e. The summed E-state index contributed by atoms with van der Waals surface area (Å²) in [5.41, 5.74) is 2.12. The highest BCUT2D eigenvalue weighted by Crippen LogP contribution is 2.28. The Bertz CT molecular complexity index is 1240. The van der Waals surface area contributed by atoms with Crippen LogP contribution in [0.25, 0.3) is 21.7 Å². The monoisotopic (exact) mass is 397 g/mol. The van der Waals surface area contributed by atoms with Crippen LogP contribution >= 0.6 is 22.9 Å². The molecule has 0 atom stereocenters. The van der Waals surface area contributed by atoms with E-state index in [1.54, 1.807) is 23.5 Å². The molecule has 3 aromatic heterocycles. The highest BCUT2D eigenvalue weighted by atomic mass is 32.1. The number of fused-ring (bicyclic) bond motifs is 1. The molecule has 0 fully saturated rings. The molecule has 0 radical (unpaired) electrons. The molecule has 0 aliphatic heterocycles. The van der Waals surface area contributed by atoms with Gasteiger partial charge in [-0.25, -0.2) is 0 Å². The molecule has 1 amide bonds. The Kier molecular flexibility index (Phi) is 4.37. The van der Waals surface area contributed by atoms with Gasteiger partial charge in [0.15, 0.2) is 17.0 Å². The Hall–Kier alpha value is -2.84. The van der Waals surface area contributed by atoms with Gasteiger partial charge in [-0.2, -0.15) is 9.36 Å². The fourth-order valence-electron chi connectivity index (χ4n) is 2.61. The first-order chi connectivity index (χ1) is 12.9. The number of aromatic nitrogens is 2. The van der Waals surface area contributed by atoms with Gasteiger partial charge in [0.1, 0.15) is 5.58 Å². The predicted molar refractivity (Wildman–Crippen MR) is 108 cm³/mol. The Morgan fingerprint density at radius 1 is 1.11 bits per heavy atom. The van der Waals surface area contributed by atoms with Crippen molar-refractivity contribution >= 4 is 44.9 Å². The number of nitrogens with one attached hydrogen (secondary N) is 1. The van der Waals surface area contributed by atoms with Crippen LogP contribution in [-0.4, -0.2) is 15.3 Å². The van der Waals surface area contributed by atoms with E-state index < -0.39 is 5.91 Å². The van der Waals surface area contributed by atoms with E-state index >= 15 is 0 Å². The summed E-state index contributed by atoms with van der Waals surface area (Å²) in [7, 11) is 0. The first kappa shape index (κ1) is 17.6. The summed E-state index contributed by atoms with van der Waals surface area (Å²) in [6.07, 6.45) is 0. The van der Waals surface area contributed by atoms with E-state index in [0.29, 0.717) is 21.9 Å². The zero-order valence-corrected chi connectivity index (χ0v) is 16.5. The standard InChI is InChI=1S/C19H15N3O3S2/c1-9-6-12-13(23)8-15(25-14(12)7-10(9)2)18(24)21-19-20-17(22-27-19)16-5-4-11(3)26-16/h4-8H,1-3H3,(H,20,21,22,24). The van der Waals surface area contributed by atoms with E-state index in [2.05, 4.69) is 14.7 Å². The Labute approximate surface area is 162 Å². The molecule has 27 heavy (non-hydrogen) atoms.